The van der Waals surface area contributed by atoms with E-state index in [1.807, 2.05) is 24.3 Å². The highest BCUT2D eigenvalue weighted by Crippen LogP contribution is 2.14. The number of hydrogen-bond acceptors (Lipinski definition) is 5. The second-order valence-electron chi connectivity index (χ2n) is 5.44. The normalized spacial score (nSPS) is 10.3. The van der Waals surface area contributed by atoms with Crippen LogP contribution >= 0.6 is 0 Å². The van der Waals surface area contributed by atoms with Crippen LogP contribution in [0, 0.1) is 0 Å². The molecule has 2 aromatic rings. The summed E-state index contributed by atoms with van der Waals surface area (Å²) in [6.45, 7) is -0.205. The summed E-state index contributed by atoms with van der Waals surface area (Å²) in [6, 6.07) is 13.6. The van der Waals surface area contributed by atoms with Crippen LogP contribution in [0.5, 0.6) is 5.75 Å². The van der Waals surface area contributed by atoms with Gasteiger partial charge in [-0.1, -0.05) is 12.1 Å². The molecule has 0 atom stereocenters. The summed E-state index contributed by atoms with van der Waals surface area (Å²) in [6.07, 6.45) is 3.08. The monoisotopic (exact) mass is 368 g/mol. The lowest BCUT2D eigenvalue weighted by Crippen LogP contribution is -2.30. The van der Waals surface area contributed by atoms with Gasteiger partial charge in [0.05, 0.1) is 14.2 Å². The van der Waals surface area contributed by atoms with E-state index in [-0.39, 0.29) is 12.5 Å². The molecule has 140 valence electrons. The number of amides is 2. The summed E-state index contributed by atoms with van der Waals surface area (Å²) in [7, 11) is 2.82. The lowest BCUT2D eigenvalue weighted by Gasteiger charge is -2.06. The van der Waals surface area contributed by atoms with Crippen LogP contribution in [0.3, 0.4) is 0 Å². The van der Waals surface area contributed by atoms with Crippen LogP contribution < -0.4 is 15.4 Å². The van der Waals surface area contributed by atoms with Crippen LogP contribution in [0.1, 0.15) is 15.9 Å². The minimum atomic E-state index is -0.532. The highest BCUT2D eigenvalue weighted by Gasteiger charge is 2.08. The number of nitrogens with one attached hydrogen (secondary N) is 2. The summed E-state index contributed by atoms with van der Waals surface area (Å²) < 4.78 is 9.58. The minimum Gasteiger partial charge on any atom is -0.497 e. The molecule has 0 fully saturated rings. The highest BCUT2D eigenvalue weighted by molar-refractivity contribution is 6.02. The molecule has 0 saturated heterocycles. The molecule has 0 radical (unpaired) electrons. The van der Waals surface area contributed by atoms with Gasteiger partial charge in [-0.05, 0) is 48.0 Å². The maximum atomic E-state index is 12.0. The number of methoxy groups -OCH3 is 2. The average Bonchev–Trinajstić information content (AvgIpc) is 2.70. The zero-order valence-electron chi connectivity index (χ0n) is 15.0. The molecule has 0 aliphatic rings. The lowest BCUT2D eigenvalue weighted by atomic mass is 10.2. The molecule has 0 saturated carbocycles. The van der Waals surface area contributed by atoms with Crippen molar-refractivity contribution in [2.24, 2.45) is 0 Å². The predicted molar refractivity (Wildman–Crippen MR) is 101 cm³/mol. The van der Waals surface area contributed by atoms with E-state index in [1.165, 1.54) is 13.2 Å². The standard InChI is InChI=1S/C20H20N2O5/c1-26-17-5-3-4-14(12-17)6-11-18(23)22-16-9-7-15(8-10-16)20(25)21-13-19(24)27-2/h3-12H,13H2,1-2H3,(H,21,25)(H,22,23)/b11-6+. The Labute approximate surface area is 157 Å². The Kier molecular flexibility index (Phi) is 7.13. The first-order valence-electron chi connectivity index (χ1n) is 8.10. The van der Waals surface area contributed by atoms with E-state index in [0.717, 1.165) is 5.56 Å². The van der Waals surface area contributed by atoms with Gasteiger partial charge in [-0.15, -0.1) is 0 Å². The molecular weight excluding hydrogens is 348 g/mol. The van der Waals surface area contributed by atoms with Crippen LogP contribution in [0.2, 0.25) is 0 Å². The Morgan fingerprint density at radius 2 is 1.78 bits per heavy atom. The van der Waals surface area contributed by atoms with Gasteiger partial charge in [-0.2, -0.15) is 0 Å². The third-order valence-electron chi connectivity index (χ3n) is 3.56. The Morgan fingerprint density at radius 1 is 1.04 bits per heavy atom. The van der Waals surface area contributed by atoms with Gasteiger partial charge >= 0.3 is 5.97 Å². The molecular formula is C20H20N2O5. The van der Waals surface area contributed by atoms with Gasteiger partial charge in [-0.3, -0.25) is 14.4 Å². The second-order valence-corrected chi connectivity index (χ2v) is 5.44. The smallest absolute Gasteiger partial charge is 0.325 e. The largest absolute Gasteiger partial charge is 0.497 e. The van der Waals surface area contributed by atoms with Crippen molar-refractivity contribution < 1.29 is 23.9 Å². The molecule has 2 amide bonds. The molecule has 7 nitrogen and oxygen atoms in total. The van der Waals surface area contributed by atoms with Crippen LogP contribution in [0.15, 0.2) is 54.6 Å². The van der Waals surface area contributed by atoms with Crippen molar-refractivity contribution in [3.05, 3.63) is 65.7 Å². The maximum Gasteiger partial charge on any atom is 0.325 e. The Hall–Kier alpha value is -3.61. The molecule has 2 rings (SSSR count). The molecule has 2 aromatic carbocycles. The lowest BCUT2D eigenvalue weighted by molar-refractivity contribution is -0.139. The fraction of sp³-hybridized carbons (Fsp3) is 0.150. The maximum absolute atomic E-state index is 12.0. The average molecular weight is 368 g/mol. The van der Waals surface area contributed by atoms with Crippen molar-refractivity contribution >= 4 is 29.5 Å². The van der Waals surface area contributed by atoms with Gasteiger partial charge in [0, 0.05) is 17.3 Å². The minimum absolute atomic E-state index is 0.205. The van der Waals surface area contributed by atoms with Crippen LogP contribution in [-0.4, -0.2) is 38.5 Å². The Morgan fingerprint density at radius 3 is 2.44 bits per heavy atom. The third kappa shape index (κ3) is 6.32. The molecule has 0 aliphatic heterocycles. The molecule has 0 aromatic heterocycles. The first-order chi connectivity index (χ1) is 13.0. The van der Waals surface area contributed by atoms with Crippen LogP contribution in [-0.2, 0) is 14.3 Å². The van der Waals surface area contributed by atoms with E-state index in [2.05, 4.69) is 15.4 Å². The van der Waals surface area contributed by atoms with Gasteiger partial charge in [0.15, 0.2) is 0 Å². The van der Waals surface area contributed by atoms with Gasteiger partial charge in [0.1, 0.15) is 12.3 Å². The fourth-order valence-electron chi connectivity index (χ4n) is 2.13. The molecule has 27 heavy (non-hydrogen) atoms. The van der Waals surface area contributed by atoms with Gasteiger partial charge < -0.3 is 20.1 Å². The number of carbonyl (C=O) groups excluding carboxylic acids is 3. The number of hydrogen-bond donors (Lipinski definition) is 2. The molecule has 0 aliphatic carbocycles. The van der Waals surface area contributed by atoms with Crippen LogP contribution in [0.25, 0.3) is 6.08 Å². The topological polar surface area (TPSA) is 93.7 Å². The van der Waals surface area contributed by atoms with Crippen molar-refractivity contribution in [3.63, 3.8) is 0 Å². The Balaban J connectivity index is 1.91. The molecule has 0 spiro atoms. The number of ether oxygens (including phenoxy) is 2. The quantitative estimate of drug-likeness (QED) is 0.577. The van der Waals surface area contributed by atoms with Crippen molar-refractivity contribution in [2.75, 3.05) is 26.1 Å². The number of benzene rings is 2. The van der Waals surface area contributed by atoms with Crippen molar-refractivity contribution in [1.29, 1.82) is 0 Å². The summed E-state index contributed by atoms with van der Waals surface area (Å²) in [5.41, 5.74) is 1.74. The van der Waals surface area contributed by atoms with Gasteiger partial charge in [0.25, 0.3) is 5.91 Å². The first-order valence-corrected chi connectivity index (χ1v) is 8.10. The summed E-state index contributed by atoms with van der Waals surface area (Å²) >= 11 is 0. The molecule has 7 heteroatoms. The van der Waals surface area contributed by atoms with Gasteiger partial charge in [0.2, 0.25) is 5.91 Å². The van der Waals surface area contributed by atoms with E-state index in [1.54, 1.807) is 37.5 Å². The van der Waals surface area contributed by atoms with Crippen molar-refractivity contribution in [3.8, 4) is 5.75 Å². The highest BCUT2D eigenvalue weighted by atomic mass is 16.5. The van der Waals surface area contributed by atoms with Crippen LogP contribution in [0.4, 0.5) is 5.69 Å². The zero-order valence-corrected chi connectivity index (χ0v) is 15.0. The summed E-state index contributed by atoms with van der Waals surface area (Å²) in [4.78, 5) is 34.9. The second kappa shape index (κ2) is 9.76. The number of rotatable bonds is 7. The van der Waals surface area contributed by atoms with Gasteiger partial charge in [-0.25, -0.2) is 0 Å². The molecule has 0 unspecified atom stereocenters. The van der Waals surface area contributed by atoms with E-state index >= 15 is 0 Å². The zero-order chi connectivity index (χ0) is 19.6. The van der Waals surface area contributed by atoms with E-state index < -0.39 is 11.9 Å². The first kappa shape index (κ1) is 19.7. The predicted octanol–water partition coefficient (Wildman–Crippen LogP) is 2.25. The SMILES string of the molecule is COC(=O)CNC(=O)c1ccc(NC(=O)/C=C/c2cccc(OC)c2)cc1. The number of anilines is 1. The van der Waals surface area contributed by atoms with Crippen molar-refractivity contribution in [2.45, 2.75) is 0 Å². The molecule has 0 heterocycles. The Bertz CT molecular complexity index is 844. The van der Waals surface area contributed by atoms with Crippen molar-refractivity contribution in [1.82, 2.24) is 5.32 Å². The molecule has 2 N–H and O–H groups in total. The number of carbonyl (C=O) groups is 3. The number of esters is 1. The molecule has 0 bridgehead atoms. The fourth-order valence-corrected chi connectivity index (χ4v) is 2.13. The van der Waals surface area contributed by atoms with E-state index in [9.17, 15) is 14.4 Å². The summed E-state index contributed by atoms with van der Waals surface area (Å²) in [5.74, 6) is -0.536. The van der Waals surface area contributed by atoms with E-state index in [4.69, 9.17) is 4.74 Å². The summed E-state index contributed by atoms with van der Waals surface area (Å²) in [5, 5.41) is 5.14. The third-order valence-corrected chi connectivity index (χ3v) is 3.56. The van der Waals surface area contributed by atoms with E-state index in [0.29, 0.717) is 17.0 Å².